The number of amides is 1. The summed E-state index contributed by atoms with van der Waals surface area (Å²) in [4.78, 5) is 23.5. The zero-order valence-corrected chi connectivity index (χ0v) is 17.7. The molecule has 2 aromatic heterocycles. The molecule has 3 heterocycles. The van der Waals surface area contributed by atoms with E-state index < -0.39 is 18.0 Å². The molecule has 1 saturated heterocycles. The molecule has 0 spiro atoms. The van der Waals surface area contributed by atoms with Gasteiger partial charge in [-0.05, 0) is 31.4 Å². The van der Waals surface area contributed by atoms with E-state index in [1.807, 2.05) is 0 Å². The van der Waals surface area contributed by atoms with Crippen LogP contribution in [-0.2, 0) is 6.18 Å². The smallest absolute Gasteiger partial charge is 0.434 e. The summed E-state index contributed by atoms with van der Waals surface area (Å²) in [5.74, 6) is 0.295. The second-order valence-corrected chi connectivity index (χ2v) is 7.43. The Kier molecular flexibility index (Phi) is 6.43. The summed E-state index contributed by atoms with van der Waals surface area (Å²) >= 11 is 0. The average molecular weight is 462 g/mol. The first-order chi connectivity index (χ1) is 15.8. The summed E-state index contributed by atoms with van der Waals surface area (Å²) in [5, 5.41) is 8.25. The number of likely N-dealkylation sites (tertiary alicyclic amines) is 1. The summed E-state index contributed by atoms with van der Waals surface area (Å²) in [6, 6.07) is 5.02. The standard InChI is InChI=1S/C21H21F3N6O3/c1-32-14-5-6-16(17(10-14)30-27-7-8-28-30)20(31)29-9-3-2-4-15(13-29)33-19-12-25-18(11-26-19)21(22,23)24/h5-8,10-12,15H,2-4,9,13H2,1H3. The Morgan fingerprint density at radius 1 is 1.12 bits per heavy atom. The lowest BCUT2D eigenvalue weighted by molar-refractivity contribution is -0.141. The maximum absolute atomic E-state index is 13.4. The number of benzene rings is 1. The molecule has 0 N–H and O–H groups in total. The van der Waals surface area contributed by atoms with Crippen LogP contribution in [0.4, 0.5) is 13.2 Å². The van der Waals surface area contributed by atoms with Crippen molar-refractivity contribution < 1.29 is 27.4 Å². The first-order valence-corrected chi connectivity index (χ1v) is 10.2. The summed E-state index contributed by atoms with van der Waals surface area (Å²) in [5.41, 5.74) is -0.228. The second kappa shape index (κ2) is 9.43. The third-order valence-corrected chi connectivity index (χ3v) is 5.19. The van der Waals surface area contributed by atoms with E-state index in [4.69, 9.17) is 9.47 Å². The van der Waals surface area contributed by atoms with Crippen LogP contribution in [0.2, 0.25) is 0 Å². The Labute approximate surface area is 187 Å². The van der Waals surface area contributed by atoms with Crippen molar-refractivity contribution in [3.8, 4) is 17.3 Å². The largest absolute Gasteiger partial charge is 0.497 e. The number of carbonyl (C=O) groups excluding carboxylic acids is 1. The number of hydrogen-bond donors (Lipinski definition) is 0. The number of hydrogen-bond acceptors (Lipinski definition) is 7. The van der Waals surface area contributed by atoms with Gasteiger partial charge in [0.2, 0.25) is 5.88 Å². The minimum absolute atomic E-state index is 0.0202. The van der Waals surface area contributed by atoms with Gasteiger partial charge in [-0.2, -0.15) is 28.2 Å². The SMILES string of the molecule is COc1ccc(C(=O)N2CCCCC(Oc3cnc(C(F)(F)F)cn3)C2)c(-n2nccn2)c1. The average Bonchev–Trinajstić information content (AvgIpc) is 3.25. The first-order valence-electron chi connectivity index (χ1n) is 10.2. The topological polar surface area (TPSA) is 95.3 Å². The van der Waals surface area contributed by atoms with Gasteiger partial charge in [0.15, 0.2) is 5.69 Å². The molecule has 1 unspecified atom stereocenters. The number of carbonyl (C=O) groups is 1. The molecule has 1 aliphatic rings. The van der Waals surface area contributed by atoms with Gasteiger partial charge in [-0.15, -0.1) is 0 Å². The molecule has 1 atom stereocenters. The predicted molar refractivity (Wildman–Crippen MR) is 109 cm³/mol. The molecule has 33 heavy (non-hydrogen) atoms. The summed E-state index contributed by atoms with van der Waals surface area (Å²) < 4.78 is 49.2. The van der Waals surface area contributed by atoms with Gasteiger partial charge in [0, 0.05) is 12.6 Å². The molecule has 1 aromatic carbocycles. The van der Waals surface area contributed by atoms with Gasteiger partial charge in [0.1, 0.15) is 17.5 Å². The number of aromatic nitrogens is 5. The van der Waals surface area contributed by atoms with Crippen molar-refractivity contribution in [2.75, 3.05) is 20.2 Å². The lowest BCUT2D eigenvalue weighted by atomic mass is 10.1. The number of methoxy groups -OCH3 is 1. The molecular formula is C21H21F3N6O3. The van der Waals surface area contributed by atoms with Gasteiger partial charge >= 0.3 is 6.18 Å². The van der Waals surface area contributed by atoms with Gasteiger partial charge < -0.3 is 14.4 Å². The molecule has 9 nitrogen and oxygen atoms in total. The van der Waals surface area contributed by atoms with Crippen molar-refractivity contribution in [2.24, 2.45) is 0 Å². The number of rotatable bonds is 5. The van der Waals surface area contributed by atoms with Crippen molar-refractivity contribution >= 4 is 5.91 Å². The lowest BCUT2D eigenvalue weighted by Crippen LogP contribution is -2.39. The molecule has 12 heteroatoms. The van der Waals surface area contributed by atoms with Crippen molar-refractivity contribution in [3.05, 3.63) is 54.2 Å². The van der Waals surface area contributed by atoms with Crippen LogP contribution in [0, 0.1) is 0 Å². The Bertz CT molecular complexity index is 1090. The van der Waals surface area contributed by atoms with Crippen LogP contribution in [0.5, 0.6) is 11.6 Å². The highest BCUT2D eigenvalue weighted by Crippen LogP contribution is 2.28. The van der Waals surface area contributed by atoms with Crippen LogP contribution in [0.3, 0.4) is 0 Å². The van der Waals surface area contributed by atoms with Crippen LogP contribution < -0.4 is 9.47 Å². The van der Waals surface area contributed by atoms with E-state index in [2.05, 4.69) is 20.2 Å². The summed E-state index contributed by atoms with van der Waals surface area (Å²) in [6.45, 7) is 0.759. The highest BCUT2D eigenvalue weighted by atomic mass is 19.4. The van der Waals surface area contributed by atoms with Crippen LogP contribution in [0.1, 0.15) is 35.3 Å². The molecule has 1 fully saturated rings. The Morgan fingerprint density at radius 3 is 2.58 bits per heavy atom. The number of ether oxygens (including phenoxy) is 2. The van der Waals surface area contributed by atoms with Crippen LogP contribution in [0.25, 0.3) is 5.69 Å². The molecule has 174 valence electrons. The molecule has 0 aliphatic carbocycles. The molecule has 0 bridgehead atoms. The molecule has 0 saturated carbocycles. The zero-order chi connectivity index (χ0) is 23.4. The van der Waals surface area contributed by atoms with Crippen molar-refractivity contribution in [3.63, 3.8) is 0 Å². The van der Waals surface area contributed by atoms with Gasteiger partial charge in [0.25, 0.3) is 5.91 Å². The number of halogens is 3. The minimum Gasteiger partial charge on any atom is -0.497 e. The van der Waals surface area contributed by atoms with Crippen LogP contribution in [-0.4, -0.2) is 62.1 Å². The maximum atomic E-state index is 13.4. The molecule has 1 aliphatic heterocycles. The summed E-state index contributed by atoms with van der Waals surface area (Å²) in [6.07, 6.45) is 1.77. The van der Waals surface area contributed by atoms with Gasteiger partial charge in [-0.25, -0.2) is 9.97 Å². The monoisotopic (exact) mass is 462 g/mol. The third kappa shape index (κ3) is 5.21. The van der Waals surface area contributed by atoms with Gasteiger partial charge in [0.05, 0.1) is 44.0 Å². The van der Waals surface area contributed by atoms with Gasteiger partial charge in [-0.3, -0.25) is 4.79 Å². The van der Waals surface area contributed by atoms with Crippen LogP contribution in [0.15, 0.2) is 43.0 Å². The van der Waals surface area contributed by atoms with Gasteiger partial charge in [-0.1, -0.05) is 0 Å². The normalized spacial score (nSPS) is 16.8. The third-order valence-electron chi connectivity index (χ3n) is 5.19. The fourth-order valence-electron chi connectivity index (χ4n) is 3.57. The highest BCUT2D eigenvalue weighted by molar-refractivity contribution is 5.98. The van der Waals surface area contributed by atoms with E-state index in [1.54, 1.807) is 23.1 Å². The predicted octanol–water partition coefficient (Wildman–Crippen LogP) is 3.16. The van der Waals surface area contributed by atoms with Crippen LogP contribution >= 0.6 is 0 Å². The zero-order valence-electron chi connectivity index (χ0n) is 17.7. The molecule has 3 aromatic rings. The minimum atomic E-state index is -4.57. The van der Waals surface area contributed by atoms with E-state index in [9.17, 15) is 18.0 Å². The summed E-state index contributed by atoms with van der Waals surface area (Å²) in [7, 11) is 1.53. The van der Waals surface area contributed by atoms with Crippen molar-refractivity contribution in [1.82, 2.24) is 29.9 Å². The first kappa shape index (κ1) is 22.5. The Balaban J connectivity index is 1.53. The van der Waals surface area contributed by atoms with E-state index in [-0.39, 0.29) is 18.3 Å². The van der Waals surface area contributed by atoms with E-state index >= 15 is 0 Å². The number of nitrogens with zero attached hydrogens (tertiary/aromatic N) is 6. The molecular weight excluding hydrogens is 441 g/mol. The van der Waals surface area contributed by atoms with Crippen molar-refractivity contribution in [2.45, 2.75) is 31.5 Å². The number of alkyl halides is 3. The lowest BCUT2D eigenvalue weighted by Gasteiger charge is -2.25. The Hall–Kier alpha value is -3.70. The quantitative estimate of drug-likeness (QED) is 0.575. The van der Waals surface area contributed by atoms with E-state index in [1.165, 1.54) is 24.3 Å². The molecule has 0 radical (unpaired) electrons. The molecule has 4 rings (SSSR count). The molecule has 1 amide bonds. The second-order valence-electron chi connectivity index (χ2n) is 7.43. The fraction of sp³-hybridized carbons (Fsp3) is 0.381. The van der Waals surface area contributed by atoms with Crippen molar-refractivity contribution in [1.29, 1.82) is 0 Å². The highest BCUT2D eigenvalue weighted by Gasteiger charge is 2.33. The van der Waals surface area contributed by atoms with E-state index in [0.29, 0.717) is 36.2 Å². The maximum Gasteiger partial charge on any atom is 0.434 e. The Morgan fingerprint density at radius 2 is 1.91 bits per heavy atom. The fourth-order valence-corrected chi connectivity index (χ4v) is 3.57. The van der Waals surface area contributed by atoms with E-state index in [0.717, 1.165) is 19.0 Å².